The van der Waals surface area contributed by atoms with Crippen LogP contribution < -0.4 is 5.73 Å². The lowest BCUT2D eigenvalue weighted by atomic mass is 10.1. The van der Waals surface area contributed by atoms with E-state index in [-0.39, 0.29) is 0 Å². The molecule has 1 aromatic carbocycles. The van der Waals surface area contributed by atoms with Crippen molar-refractivity contribution in [1.29, 1.82) is 0 Å². The molecule has 0 saturated carbocycles. The van der Waals surface area contributed by atoms with Crippen LogP contribution in [0.4, 0.5) is 0 Å². The smallest absolute Gasteiger partial charge is 0.267 e. The molecule has 0 aliphatic carbocycles. The number of aromatic nitrogens is 1. The topological polar surface area (TPSA) is 69.1 Å². The lowest BCUT2D eigenvalue weighted by molar-refractivity contribution is 0.0997. The first kappa shape index (κ1) is 8.91. The van der Waals surface area contributed by atoms with Crippen LogP contribution in [0, 0.1) is 0 Å². The number of pyridine rings is 1. The Kier molecular flexibility index (Phi) is 1.71. The van der Waals surface area contributed by atoms with Crippen LogP contribution in [0.1, 0.15) is 10.5 Å². The van der Waals surface area contributed by atoms with E-state index in [0.717, 1.165) is 21.7 Å². The Bertz CT molecular complexity index is 700. The van der Waals surface area contributed by atoms with Crippen LogP contribution in [-0.2, 0) is 0 Å². The third kappa shape index (κ3) is 1.16. The molecule has 3 aromatic rings. The third-order valence-electron chi connectivity index (χ3n) is 2.57. The molecule has 2 aromatic heterocycles. The Hall–Kier alpha value is -2.36. The summed E-state index contributed by atoms with van der Waals surface area (Å²) >= 11 is 0. The molecule has 0 aliphatic heterocycles. The molecule has 78 valence electrons. The summed E-state index contributed by atoms with van der Waals surface area (Å²) < 4.78 is 5.29. The van der Waals surface area contributed by atoms with Gasteiger partial charge in [0.25, 0.3) is 5.91 Å². The van der Waals surface area contributed by atoms with Crippen LogP contribution in [0.15, 0.2) is 41.1 Å². The van der Waals surface area contributed by atoms with Crippen molar-refractivity contribution in [3.8, 4) is 0 Å². The van der Waals surface area contributed by atoms with E-state index in [0.29, 0.717) is 5.69 Å². The lowest BCUT2D eigenvalue weighted by Gasteiger charge is -2.01. The normalized spacial score (nSPS) is 11.0. The number of nitrogens with zero attached hydrogens (tertiary/aromatic N) is 1. The fraction of sp³-hybridized carbons (Fsp3) is 0. The van der Waals surface area contributed by atoms with Gasteiger partial charge in [0, 0.05) is 17.0 Å². The Morgan fingerprint density at radius 3 is 2.94 bits per heavy atom. The van der Waals surface area contributed by atoms with E-state index in [1.165, 1.54) is 0 Å². The van der Waals surface area contributed by atoms with Gasteiger partial charge < -0.3 is 10.2 Å². The quantitative estimate of drug-likeness (QED) is 0.671. The average Bonchev–Trinajstić information content (AvgIpc) is 2.71. The number of nitrogens with two attached hydrogens (primary N) is 1. The second-order valence-corrected chi connectivity index (χ2v) is 3.56. The van der Waals surface area contributed by atoms with Gasteiger partial charge in [0.2, 0.25) is 0 Å². The number of hydrogen-bond acceptors (Lipinski definition) is 3. The largest absolute Gasteiger partial charge is 0.464 e. The van der Waals surface area contributed by atoms with Crippen LogP contribution in [0.25, 0.3) is 21.7 Å². The SMILES string of the molecule is NC(=O)c1nccc2cc3occc3cc12. The van der Waals surface area contributed by atoms with Gasteiger partial charge in [-0.3, -0.25) is 9.78 Å². The molecule has 0 fully saturated rings. The first-order chi connectivity index (χ1) is 7.75. The molecule has 1 amide bonds. The fourth-order valence-electron chi connectivity index (χ4n) is 1.83. The van der Waals surface area contributed by atoms with Crippen LogP contribution in [0.5, 0.6) is 0 Å². The van der Waals surface area contributed by atoms with Crippen molar-refractivity contribution in [3.63, 3.8) is 0 Å². The van der Waals surface area contributed by atoms with Gasteiger partial charge in [0.1, 0.15) is 11.3 Å². The number of carbonyl (C=O) groups excluding carboxylic acids is 1. The molecular formula is C12H8N2O2. The van der Waals surface area contributed by atoms with Gasteiger partial charge in [-0.2, -0.15) is 0 Å². The predicted octanol–water partition coefficient (Wildman–Crippen LogP) is 2.08. The molecule has 3 rings (SSSR count). The number of carbonyl (C=O) groups is 1. The van der Waals surface area contributed by atoms with Gasteiger partial charge in [-0.15, -0.1) is 0 Å². The first-order valence-electron chi connectivity index (χ1n) is 4.81. The summed E-state index contributed by atoms with van der Waals surface area (Å²) in [7, 11) is 0. The highest BCUT2D eigenvalue weighted by Crippen LogP contribution is 2.24. The van der Waals surface area contributed by atoms with Gasteiger partial charge in [-0.25, -0.2) is 0 Å². The second kappa shape index (κ2) is 3.06. The number of hydrogen-bond donors (Lipinski definition) is 1. The van der Waals surface area contributed by atoms with Crippen molar-refractivity contribution in [2.45, 2.75) is 0 Å². The van der Waals surface area contributed by atoms with E-state index in [9.17, 15) is 4.79 Å². The van der Waals surface area contributed by atoms with Crippen molar-refractivity contribution in [1.82, 2.24) is 4.98 Å². The van der Waals surface area contributed by atoms with Crippen molar-refractivity contribution in [2.75, 3.05) is 0 Å². The first-order valence-corrected chi connectivity index (χ1v) is 4.81. The van der Waals surface area contributed by atoms with Crippen molar-refractivity contribution in [2.24, 2.45) is 5.73 Å². The van der Waals surface area contributed by atoms with E-state index in [4.69, 9.17) is 10.2 Å². The van der Waals surface area contributed by atoms with Crippen molar-refractivity contribution >= 4 is 27.6 Å². The molecule has 4 heteroatoms. The third-order valence-corrected chi connectivity index (χ3v) is 2.57. The number of benzene rings is 1. The van der Waals surface area contributed by atoms with E-state index >= 15 is 0 Å². The zero-order valence-corrected chi connectivity index (χ0v) is 8.31. The molecule has 2 heterocycles. The molecular weight excluding hydrogens is 204 g/mol. The minimum absolute atomic E-state index is 0.292. The Balaban J connectivity index is 2.49. The highest BCUT2D eigenvalue weighted by molar-refractivity contribution is 6.07. The molecule has 0 saturated heterocycles. The minimum atomic E-state index is -0.520. The predicted molar refractivity (Wildman–Crippen MR) is 60.0 cm³/mol. The van der Waals surface area contributed by atoms with Crippen molar-refractivity contribution in [3.05, 3.63) is 42.4 Å². The molecule has 0 aliphatic rings. The van der Waals surface area contributed by atoms with Gasteiger partial charge in [0.05, 0.1) is 6.26 Å². The number of amides is 1. The fourth-order valence-corrected chi connectivity index (χ4v) is 1.83. The van der Waals surface area contributed by atoms with Gasteiger partial charge in [0.15, 0.2) is 0 Å². The minimum Gasteiger partial charge on any atom is -0.464 e. The molecule has 0 radical (unpaired) electrons. The second-order valence-electron chi connectivity index (χ2n) is 3.56. The van der Waals surface area contributed by atoms with E-state index < -0.39 is 5.91 Å². The molecule has 4 nitrogen and oxygen atoms in total. The summed E-state index contributed by atoms with van der Waals surface area (Å²) in [6.07, 6.45) is 3.18. The van der Waals surface area contributed by atoms with Gasteiger partial charge in [-0.1, -0.05) is 0 Å². The van der Waals surface area contributed by atoms with Crippen LogP contribution >= 0.6 is 0 Å². The Morgan fingerprint density at radius 2 is 2.12 bits per heavy atom. The summed E-state index contributed by atoms with van der Waals surface area (Å²) in [4.78, 5) is 15.2. The van der Waals surface area contributed by atoms with E-state index in [1.807, 2.05) is 24.3 Å². The van der Waals surface area contributed by atoms with E-state index in [1.54, 1.807) is 12.5 Å². The lowest BCUT2D eigenvalue weighted by Crippen LogP contribution is -2.13. The van der Waals surface area contributed by atoms with Crippen LogP contribution in [0.2, 0.25) is 0 Å². The Morgan fingerprint density at radius 1 is 1.25 bits per heavy atom. The summed E-state index contributed by atoms with van der Waals surface area (Å²) in [5.74, 6) is -0.520. The van der Waals surface area contributed by atoms with Gasteiger partial charge >= 0.3 is 0 Å². The highest BCUT2D eigenvalue weighted by atomic mass is 16.3. The molecule has 0 bridgehead atoms. The average molecular weight is 212 g/mol. The highest BCUT2D eigenvalue weighted by Gasteiger charge is 2.09. The summed E-state index contributed by atoms with van der Waals surface area (Å²) in [5.41, 5.74) is 6.35. The zero-order chi connectivity index (χ0) is 11.1. The Labute approximate surface area is 90.7 Å². The number of fused-ring (bicyclic) bond motifs is 2. The maximum Gasteiger partial charge on any atom is 0.267 e. The summed E-state index contributed by atoms with van der Waals surface area (Å²) in [6.45, 7) is 0. The van der Waals surface area contributed by atoms with Crippen LogP contribution in [-0.4, -0.2) is 10.9 Å². The molecule has 0 spiro atoms. The maximum absolute atomic E-state index is 11.2. The number of primary amides is 1. The maximum atomic E-state index is 11.2. The molecule has 0 atom stereocenters. The van der Waals surface area contributed by atoms with E-state index in [2.05, 4.69) is 4.98 Å². The monoisotopic (exact) mass is 212 g/mol. The van der Waals surface area contributed by atoms with Crippen LogP contribution in [0.3, 0.4) is 0 Å². The van der Waals surface area contributed by atoms with Crippen molar-refractivity contribution < 1.29 is 9.21 Å². The van der Waals surface area contributed by atoms with Gasteiger partial charge in [-0.05, 0) is 29.7 Å². The summed E-state index contributed by atoms with van der Waals surface area (Å²) in [6, 6.07) is 7.40. The number of furan rings is 1. The molecule has 0 unspecified atom stereocenters. The molecule has 2 N–H and O–H groups in total. The zero-order valence-electron chi connectivity index (χ0n) is 8.31. The summed E-state index contributed by atoms with van der Waals surface area (Å²) in [5, 5.41) is 2.58. The molecule has 16 heavy (non-hydrogen) atoms. The standard InChI is InChI=1S/C12H8N2O2/c13-12(15)11-9-5-8-2-4-16-10(8)6-7(9)1-3-14-11/h1-6H,(H2,13,15). The number of rotatable bonds is 1.